The van der Waals surface area contributed by atoms with Crippen molar-refractivity contribution >= 4 is 5.78 Å². The van der Waals surface area contributed by atoms with Gasteiger partial charge in [-0.15, -0.1) is 0 Å². The number of hydrogen-bond acceptors (Lipinski definition) is 1. The van der Waals surface area contributed by atoms with Crippen LogP contribution in [0.3, 0.4) is 0 Å². The van der Waals surface area contributed by atoms with E-state index in [9.17, 15) is 4.79 Å². The van der Waals surface area contributed by atoms with Crippen LogP contribution in [-0.2, 0) is 4.79 Å². The van der Waals surface area contributed by atoms with Crippen LogP contribution in [0.2, 0.25) is 0 Å². The Kier molecular flexibility index (Phi) is 2.17. The molecular formula is C10H16O. The number of hydrogen-bond donors (Lipinski definition) is 0. The second-order valence-electron chi connectivity index (χ2n) is 3.96. The van der Waals surface area contributed by atoms with Crippen molar-refractivity contribution in [2.75, 3.05) is 0 Å². The van der Waals surface area contributed by atoms with E-state index in [4.69, 9.17) is 0 Å². The summed E-state index contributed by atoms with van der Waals surface area (Å²) < 4.78 is 0. The van der Waals surface area contributed by atoms with Crippen molar-refractivity contribution in [3.63, 3.8) is 0 Å². The van der Waals surface area contributed by atoms with Crippen LogP contribution in [0, 0.1) is 11.3 Å². The molecule has 0 bridgehead atoms. The van der Waals surface area contributed by atoms with E-state index in [1.165, 1.54) is 0 Å². The zero-order valence-electron chi connectivity index (χ0n) is 7.55. The molecule has 0 aromatic carbocycles. The number of carbonyl (C=O) groups is 1. The average molecular weight is 152 g/mol. The maximum absolute atomic E-state index is 10.9. The van der Waals surface area contributed by atoms with Crippen LogP contribution in [0.1, 0.15) is 33.6 Å². The summed E-state index contributed by atoms with van der Waals surface area (Å²) in [5.74, 6) is 0.912. The minimum Gasteiger partial charge on any atom is -0.295 e. The lowest BCUT2D eigenvalue weighted by Crippen LogP contribution is -2.25. The van der Waals surface area contributed by atoms with Crippen LogP contribution in [0.25, 0.3) is 0 Å². The van der Waals surface area contributed by atoms with Crippen molar-refractivity contribution in [3.05, 3.63) is 12.2 Å². The van der Waals surface area contributed by atoms with Crippen molar-refractivity contribution in [2.45, 2.75) is 33.6 Å². The maximum atomic E-state index is 10.9. The Bertz CT molecular complexity index is 191. The first-order chi connectivity index (χ1) is 5.04. The molecule has 1 heteroatoms. The molecule has 0 spiro atoms. The Labute approximate surface area is 68.5 Å². The predicted octanol–water partition coefficient (Wildman–Crippen LogP) is 2.57. The Morgan fingerprint density at radius 1 is 1.55 bits per heavy atom. The summed E-state index contributed by atoms with van der Waals surface area (Å²) >= 11 is 0. The summed E-state index contributed by atoms with van der Waals surface area (Å²) in [5, 5.41) is 0. The van der Waals surface area contributed by atoms with Gasteiger partial charge in [-0.1, -0.05) is 26.8 Å². The molecule has 0 unspecified atom stereocenters. The van der Waals surface area contributed by atoms with Crippen LogP contribution in [0.15, 0.2) is 12.2 Å². The molecule has 62 valence electrons. The SMILES string of the molecule is CC(C)[C@]1(C)C=CC(=O)CC1. The highest BCUT2D eigenvalue weighted by Crippen LogP contribution is 2.36. The van der Waals surface area contributed by atoms with E-state index in [0.717, 1.165) is 12.8 Å². The Balaban J connectivity index is 2.75. The smallest absolute Gasteiger partial charge is 0.155 e. The first-order valence-electron chi connectivity index (χ1n) is 4.27. The van der Waals surface area contributed by atoms with Crippen molar-refractivity contribution < 1.29 is 4.79 Å². The van der Waals surface area contributed by atoms with Gasteiger partial charge in [-0.25, -0.2) is 0 Å². The summed E-state index contributed by atoms with van der Waals surface area (Å²) in [7, 11) is 0. The van der Waals surface area contributed by atoms with Gasteiger partial charge in [0.15, 0.2) is 5.78 Å². The van der Waals surface area contributed by atoms with Gasteiger partial charge in [0.05, 0.1) is 0 Å². The van der Waals surface area contributed by atoms with Crippen molar-refractivity contribution in [2.24, 2.45) is 11.3 Å². The highest BCUT2D eigenvalue weighted by molar-refractivity contribution is 5.90. The van der Waals surface area contributed by atoms with Crippen molar-refractivity contribution in [3.8, 4) is 0 Å². The maximum Gasteiger partial charge on any atom is 0.155 e. The highest BCUT2D eigenvalue weighted by Gasteiger charge is 2.28. The van der Waals surface area contributed by atoms with Gasteiger partial charge in [-0.05, 0) is 23.8 Å². The van der Waals surface area contributed by atoms with E-state index < -0.39 is 0 Å². The molecular weight excluding hydrogens is 136 g/mol. The third kappa shape index (κ3) is 1.70. The van der Waals surface area contributed by atoms with Gasteiger partial charge in [-0.2, -0.15) is 0 Å². The summed E-state index contributed by atoms with van der Waals surface area (Å²) in [6.07, 6.45) is 5.55. The second kappa shape index (κ2) is 2.80. The Morgan fingerprint density at radius 2 is 2.18 bits per heavy atom. The van der Waals surface area contributed by atoms with E-state index in [2.05, 4.69) is 26.8 Å². The molecule has 11 heavy (non-hydrogen) atoms. The van der Waals surface area contributed by atoms with Crippen LogP contribution in [-0.4, -0.2) is 5.78 Å². The van der Waals surface area contributed by atoms with Gasteiger partial charge in [0.2, 0.25) is 0 Å². The lowest BCUT2D eigenvalue weighted by Gasteiger charge is -2.32. The predicted molar refractivity (Wildman–Crippen MR) is 46.3 cm³/mol. The molecule has 0 saturated carbocycles. The molecule has 1 rings (SSSR count). The summed E-state index contributed by atoms with van der Waals surface area (Å²) in [6, 6.07) is 0. The molecule has 0 aliphatic heterocycles. The molecule has 0 aromatic heterocycles. The normalized spacial score (nSPS) is 31.5. The van der Waals surface area contributed by atoms with Gasteiger partial charge >= 0.3 is 0 Å². The number of carbonyl (C=O) groups excluding carboxylic acids is 1. The van der Waals surface area contributed by atoms with E-state index in [-0.39, 0.29) is 11.2 Å². The van der Waals surface area contributed by atoms with E-state index in [1.807, 2.05) is 0 Å². The fourth-order valence-electron chi connectivity index (χ4n) is 1.32. The lowest BCUT2D eigenvalue weighted by atomic mass is 9.72. The molecule has 0 radical (unpaired) electrons. The van der Waals surface area contributed by atoms with Gasteiger partial charge in [-0.3, -0.25) is 4.79 Å². The van der Waals surface area contributed by atoms with Gasteiger partial charge in [0, 0.05) is 6.42 Å². The molecule has 0 heterocycles. The highest BCUT2D eigenvalue weighted by atomic mass is 16.1. The number of rotatable bonds is 1. The quantitative estimate of drug-likeness (QED) is 0.564. The molecule has 1 aliphatic rings. The zero-order chi connectivity index (χ0) is 8.48. The van der Waals surface area contributed by atoms with Gasteiger partial charge < -0.3 is 0 Å². The largest absolute Gasteiger partial charge is 0.295 e. The molecule has 0 N–H and O–H groups in total. The third-order valence-corrected chi connectivity index (χ3v) is 2.88. The summed E-state index contributed by atoms with van der Waals surface area (Å²) in [6.45, 7) is 6.64. The molecule has 0 amide bonds. The molecule has 1 aliphatic carbocycles. The van der Waals surface area contributed by atoms with Gasteiger partial charge in [0.25, 0.3) is 0 Å². The zero-order valence-corrected chi connectivity index (χ0v) is 7.55. The van der Waals surface area contributed by atoms with Crippen LogP contribution in [0.5, 0.6) is 0 Å². The number of allylic oxidation sites excluding steroid dienone is 2. The number of ketones is 1. The van der Waals surface area contributed by atoms with Crippen molar-refractivity contribution in [1.82, 2.24) is 0 Å². The minimum atomic E-state index is 0.258. The molecule has 1 atom stereocenters. The lowest BCUT2D eigenvalue weighted by molar-refractivity contribution is -0.115. The molecule has 0 fully saturated rings. The van der Waals surface area contributed by atoms with Crippen molar-refractivity contribution in [1.29, 1.82) is 0 Å². The third-order valence-electron chi connectivity index (χ3n) is 2.88. The van der Waals surface area contributed by atoms with Crippen LogP contribution in [0.4, 0.5) is 0 Å². The topological polar surface area (TPSA) is 17.1 Å². The molecule has 0 saturated heterocycles. The fourth-order valence-corrected chi connectivity index (χ4v) is 1.32. The minimum absolute atomic E-state index is 0.258. The van der Waals surface area contributed by atoms with E-state index >= 15 is 0 Å². The Morgan fingerprint density at radius 3 is 2.55 bits per heavy atom. The molecule has 1 nitrogen and oxygen atoms in total. The Hall–Kier alpha value is -0.590. The second-order valence-corrected chi connectivity index (χ2v) is 3.96. The molecule has 0 aromatic rings. The van der Waals surface area contributed by atoms with Crippen LogP contribution >= 0.6 is 0 Å². The average Bonchev–Trinajstić information content (AvgIpc) is 1.95. The summed E-state index contributed by atoms with van der Waals surface area (Å²) in [4.78, 5) is 10.9. The monoisotopic (exact) mass is 152 g/mol. The van der Waals surface area contributed by atoms with E-state index in [0.29, 0.717) is 5.92 Å². The first-order valence-corrected chi connectivity index (χ1v) is 4.27. The van der Waals surface area contributed by atoms with Gasteiger partial charge in [0.1, 0.15) is 0 Å². The fraction of sp³-hybridized carbons (Fsp3) is 0.700. The van der Waals surface area contributed by atoms with Crippen LogP contribution < -0.4 is 0 Å². The standard InChI is InChI=1S/C10H16O/c1-8(2)10(3)6-4-9(11)5-7-10/h4,6,8H,5,7H2,1-3H3/t10-/m1/s1. The first kappa shape index (κ1) is 8.51. The van der Waals surface area contributed by atoms with E-state index in [1.54, 1.807) is 6.08 Å². The summed E-state index contributed by atoms with van der Waals surface area (Å²) in [5.41, 5.74) is 0.258.